The average Bonchev–Trinajstić information content (AvgIpc) is 2.52. The Morgan fingerprint density at radius 1 is 1.31 bits per heavy atom. The van der Waals surface area contributed by atoms with Crippen LogP contribution in [0.1, 0.15) is 0 Å². The van der Waals surface area contributed by atoms with Gasteiger partial charge in [-0.2, -0.15) is 0 Å². The lowest BCUT2D eigenvalue weighted by Gasteiger charge is -2.08. The first-order valence-corrected chi connectivity index (χ1v) is 3.65. The predicted octanol–water partition coefficient (Wildman–Crippen LogP) is 1.90. The maximum atomic E-state index is 13.1. The summed E-state index contributed by atoms with van der Waals surface area (Å²) in [5.74, 6) is 7.07. The molecule has 2 heterocycles. The minimum atomic E-state index is -0.470. The van der Waals surface area contributed by atoms with Gasteiger partial charge in [0.15, 0.2) is 5.82 Å². The Kier molecular flexibility index (Phi) is 1.70. The highest BCUT2D eigenvalue weighted by atomic mass is 19.1. The fraction of sp³-hybridized carbons (Fsp3) is 0. The Balaban J connectivity index is 2.59. The standard InChI is InChI=1S/C8H6FN4/c9-6-2-1-3-11-7(6)8-12-4-5-13(8)10/h1-5,10H/q-1. The van der Waals surface area contributed by atoms with Crippen LogP contribution in [0.2, 0.25) is 0 Å². The second-order valence-electron chi connectivity index (χ2n) is 2.45. The Morgan fingerprint density at radius 2 is 2.15 bits per heavy atom. The largest absolute Gasteiger partial charge is 0.630 e. The van der Waals surface area contributed by atoms with Crippen molar-refractivity contribution in [3.8, 4) is 11.5 Å². The first kappa shape index (κ1) is 7.72. The third-order valence-corrected chi connectivity index (χ3v) is 1.61. The minimum absolute atomic E-state index is 0.0995. The fourth-order valence-corrected chi connectivity index (χ4v) is 1.03. The predicted molar refractivity (Wildman–Crippen MR) is 45.1 cm³/mol. The van der Waals surface area contributed by atoms with Crippen molar-refractivity contribution in [1.29, 1.82) is 0 Å². The van der Waals surface area contributed by atoms with Crippen LogP contribution >= 0.6 is 0 Å². The van der Waals surface area contributed by atoms with E-state index in [0.29, 0.717) is 0 Å². The molecule has 0 bridgehead atoms. The highest BCUT2D eigenvalue weighted by Crippen LogP contribution is 2.17. The van der Waals surface area contributed by atoms with Gasteiger partial charge >= 0.3 is 0 Å². The molecule has 4 nitrogen and oxygen atoms in total. The lowest BCUT2D eigenvalue weighted by Crippen LogP contribution is -1.94. The van der Waals surface area contributed by atoms with E-state index in [1.54, 1.807) is 0 Å². The van der Waals surface area contributed by atoms with Gasteiger partial charge in [0.25, 0.3) is 0 Å². The summed E-state index contributed by atoms with van der Waals surface area (Å²) < 4.78 is 14.1. The summed E-state index contributed by atoms with van der Waals surface area (Å²) >= 11 is 0. The molecule has 0 saturated heterocycles. The summed E-state index contributed by atoms with van der Waals surface area (Å²) in [5.41, 5.74) is 0.0995. The van der Waals surface area contributed by atoms with Crippen molar-refractivity contribution in [3.63, 3.8) is 0 Å². The molecule has 13 heavy (non-hydrogen) atoms. The molecule has 2 rings (SSSR count). The molecule has 2 aromatic heterocycles. The smallest absolute Gasteiger partial charge is 0.152 e. The van der Waals surface area contributed by atoms with Crippen LogP contribution in [-0.2, 0) is 0 Å². The number of aromatic nitrogens is 3. The van der Waals surface area contributed by atoms with Gasteiger partial charge in [0, 0.05) is 18.6 Å². The molecule has 0 aliphatic rings. The summed E-state index contributed by atoms with van der Waals surface area (Å²) in [6.07, 6.45) is 4.31. The molecule has 0 aliphatic heterocycles. The molecule has 0 spiro atoms. The van der Waals surface area contributed by atoms with Crippen molar-refractivity contribution in [2.45, 2.75) is 0 Å². The van der Waals surface area contributed by atoms with Crippen LogP contribution in [0.4, 0.5) is 4.39 Å². The molecule has 2 aromatic rings. The molecule has 0 atom stereocenters. The Morgan fingerprint density at radius 3 is 2.77 bits per heavy atom. The van der Waals surface area contributed by atoms with Crippen molar-refractivity contribution in [3.05, 3.63) is 42.4 Å². The van der Waals surface area contributed by atoms with Gasteiger partial charge in [-0.05, 0) is 12.1 Å². The molecule has 0 aromatic carbocycles. The van der Waals surface area contributed by atoms with E-state index in [9.17, 15) is 4.39 Å². The molecule has 5 heteroatoms. The molecule has 0 aliphatic carbocycles. The van der Waals surface area contributed by atoms with Crippen LogP contribution in [0, 0.1) is 5.82 Å². The summed E-state index contributed by atoms with van der Waals surface area (Å²) in [7, 11) is 0. The van der Waals surface area contributed by atoms with Gasteiger partial charge in [0.1, 0.15) is 11.5 Å². The number of nitrogens with one attached hydrogen (secondary N) is 1. The van der Waals surface area contributed by atoms with E-state index in [0.717, 1.165) is 4.68 Å². The van der Waals surface area contributed by atoms with Crippen molar-refractivity contribution in [1.82, 2.24) is 14.6 Å². The third kappa shape index (κ3) is 1.24. The second kappa shape index (κ2) is 2.85. The van der Waals surface area contributed by atoms with Crippen LogP contribution in [0.15, 0.2) is 30.7 Å². The van der Waals surface area contributed by atoms with E-state index < -0.39 is 5.82 Å². The Labute approximate surface area is 73.8 Å². The summed E-state index contributed by atoms with van der Waals surface area (Å²) in [5, 5.41) is 0. The van der Waals surface area contributed by atoms with Gasteiger partial charge in [0.2, 0.25) is 0 Å². The molecule has 1 N–H and O–H groups in total. The monoisotopic (exact) mass is 177 g/mol. The van der Waals surface area contributed by atoms with Crippen molar-refractivity contribution < 1.29 is 4.39 Å². The fourth-order valence-electron chi connectivity index (χ4n) is 1.03. The lowest BCUT2D eigenvalue weighted by atomic mass is 10.3. The minimum Gasteiger partial charge on any atom is -0.630 e. The highest BCUT2D eigenvalue weighted by Gasteiger charge is 2.07. The highest BCUT2D eigenvalue weighted by molar-refractivity contribution is 5.50. The quantitative estimate of drug-likeness (QED) is 0.667. The number of nitrogens with zero attached hydrogens (tertiary/aromatic N) is 3. The number of hydrogen-bond acceptors (Lipinski definition) is 2. The van der Waals surface area contributed by atoms with E-state index in [4.69, 9.17) is 5.84 Å². The molecule has 0 radical (unpaired) electrons. The van der Waals surface area contributed by atoms with Crippen LogP contribution in [0.3, 0.4) is 0 Å². The normalized spacial score (nSPS) is 10.2. The topological polar surface area (TPSA) is 54.5 Å². The van der Waals surface area contributed by atoms with Gasteiger partial charge in [0.05, 0.1) is 0 Å². The van der Waals surface area contributed by atoms with E-state index in [2.05, 4.69) is 9.97 Å². The van der Waals surface area contributed by atoms with Gasteiger partial charge in [-0.25, -0.2) is 14.4 Å². The zero-order valence-electron chi connectivity index (χ0n) is 6.61. The zero-order valence-corrected chi connectivity index (χ0v) is 6.61. The molecule has 0 saturated carbocycles. The number of hydrogen-bond donors (Lipinski definition) is 0. The molecule has 66 valence electrons. The second-order valence-corrected chi connectivity index (χ2v) is 2.45. The molecule has 0 amide bonds. The average molecular weight is 177 g/mol. The molecule has 0 unspecified atom stereocenters. The van der Waals surface area contributed by atoms with E-state index in [1.165, 1.54) is 30.7 Å². The molecule has 0 fully saturated rings. The third-order valence-electron chi connectivity index (χ3n) is 1.61. The Hall–Kier alpha value is -1.91. The maximum Gasteiger partial charge on any atom is 0.152 e. The van der Waals surface area contributed by atoms with Gasteiger partial charge in [-0.15, -0.1) is 0 Å². The first-order valence-electron chi connectivity index (χ1n) is 3.65. The summed E-state index contributed by atoms with van der Waals surface area (Å²) in [4.78, 5) is 7.62. The van der Waals surface area contributed by atoms with Gasteiger partial charge in [-0.1, -0.05) is 0 Å². The maximum absolute atomic E-state index is 13.1. The molecular weight excluding hydrogens is 171 g/mol. The van der Waals surface area contributed by atoms with Crippen molar-refractivity contribution >= 4 is 0 Å². The summed E-state index contributed by atoms with van der Waals surface area (Å²) in [6, 6.07) is 2.78. The van der Waals surface area contributed by atoms with Crippen LogP contribution in [0.25, 0.3) is 17.4 Å². The Bertz CT molecular complexity index is 424. The van der Waals surface area contributed by atoms with Crippen molar-refractivity contribution in [2.24, 2.45) is 0 Å². The number of imidazole rings is 1. The van der Waals surface area contributed by atoms with Crippen LogP contribution in [0.5, 0.6) is 0 Å². The number of rotatable bonds is 1. The van der Waals surface area contributed by atoms with Crippen LogP contribution < -0.4 is 0 Å². The number of halogens is 1. The SMILES string of the molecule is [NH-]n1ccnc1-c1ncccc1F. The van der Waals surface area contributed by atoms with E-state index in [-0.39, 0.29) is 11.5 Å². The zero-order chi connectivity index (χ0) is 9.26. The first-order chi connectivity index (χ1) is 6.29. The van der Waals surface area contributed by atoms with Crippen molar-refractivity contribution in [2.75, 3.05) is 0 Å². The summed E-state index contributed by atoms with van der Waals surface area (Å²) in [6.45, 7) is 0. The van der Waals surface area contributed by atoms with Gasteiger partial charge < -0.3 is 10.5 Å². The van der Waals surface area contributed by atoms with Gasteiger partial charge in [-0.3, -0.25) is 0 Å². The molecular formula is C8H6FN4-. The number of pyridine rings is 1. The van der Waals surface area contributed by atoms with E-state index >= 15 is 0 Å². The van der Waals surface area contributed by atoms with E-state index in [1.807, 2.05) is 0 Å². The van der Waals surface area contributed by atoms with Crippen LogP contribution in [-0.4, -0.2) is 14.6 Å². The lowest BCUT2D eigenvalue weighted by molar-refractivity contribution is 0.623.